The van der Waals surface area contributed by atoms with E-state index in [9.17, 15) is 14.9 Å². The third-order valence-corrected chi connectivity index (χ3v) is 3.95. The van der Waals surface area contributed by atoms with Crippen molar-refractivity contribution in [3.05, 3.63) is 38.3 Å². The molecule has 1 aliphatic carbocycles. The Bertz CT molecular complexity index is 531. The Labute approximate surface area is 124 Å². The van der Waals surface area contributed by atoms with Crippen molar-refractivity contribution in [2.75, 3.05) is 13.1 Å². The first-order valence-electron chi connectivity index (χ1n) is 6.32. The molecule has 1 N–H and O–H groups in total. The standard InChI is InChI=1S/C13H15BrN2O4/c14-12-5-11(16(19)20)4-3-10(12)7-15(8-13(17)18)6-9-1-2-9/h3-5,9H,1-2,6-8H2,(H,17,18). The molecule has 1 aromatic carbocycles. The number of rotatable bonds is 7. The number of non-ortho nitro benzene ring substituents is 1. The quantitative estimate of drug-likeness (QED) is 0.608. The predicted octanol–water partition coefficient (Wildman–Crippen LogP) is 2.65. The van der Waals surface area contributed by atoms with Gasteiger partial charge in [-0.25, -0.2) is 0 Å². The van der Waals surface area contributed by atoms with Crippen LogP contribution in [0.15, 0.2) is 22.7 Å². The minimum atomic E-state index is -0.858. The molecule has 0 spiro atoms. The van der Waals surface area contributed by atoms with Crippen molar-refractivity contribution in [1.82, 2.24) is 4.90 Å². The van der Waals surface area contributed by atoms with E-state index in [1.807, 2.05) is 4.90 Å². The van der Waals surface area contributed by atoms with Crippen LogP contribution in [0, 0.1) is 16.0 Å². The molecule has 1 aromatic rings. The summed E-state index contributed by atoms with van der Waals surface area (Å²) in [6.45, 7) is 1.22. The topological polar surface area (TPSA) is 83.7 Å². The van der Waals surface area contributed by atoms with Gasteiger partial charge in [0.2, 0.25) is 0 Å². The molecular formula is C13H15BrN2O4. The van der Waals surface area contributed by atoms with Crippen molar-refractivity contribution in [3.63, 3.8) is 0 Å². The number of halogens is 1. The van der Waals surface area contributed by atoms with Gasteiger partial charge in [0, 0.05) is 29.7 Å². The number of hydrogen-bond donors (Lipinski definition) is 1. The second-order valence-corrected chi connectivity index (χ2v) is 5.89. The zero-order chi connectivity index (χ0) is 14.7. The lowest BCUT2D eigenvalue weighted by molar-refractivity contribution is -0.384. The number of nitro groups is 1. The highest BCUT2D eigenvalue weighted by atomic mass is 79.9. The van der Waals surface area contributed by atoms with E-state index in [0.29, 0.717) is 16.9 Å². The van der Waals surface area contributed by atoms with Gasteiger partial charge in [0.25, 0.3) is 5.69 Å². The van der Waals surface area contributed by atoms with Gasteiger partial charge in [-0.1, -0.05) is 15.9 Å². The molecule has 0 heterocycles. The number of carboxylic acids is 1. The first kappa shape index (κ1) is 14.9. The molecule has 1 aliphatic rings. The average molecular weight is 343 g/mol. The van der Waals surface area contributed by atoms with Gasteiger partial charge in [0.05, 0.1) is 11.5 Å². The zero-order valence-electron chi connectivity index (χ0n) is 10.8. The minimum Gasteiger partial charge on any atom is -0.480 e. The Kier molecular flexibility index (Phi) is 4.72. The lowest BCUT2D eigenvalue weighted by Gasteiger charge is -2.20. The van der Waals surface area contributed by atoms with Crippen molar-refractivity contribution in [3.8, 4) is 0 Å². The van der Waals surface area contributed by atoms with Gasteiger partial charge in [-0.05, 0) is 30.4 Å². The summed E-state index contributed by atoms with van der Waals surface area (Å²) in [7, 11) is 0. The van der Waals surface area contributed by atoms with Gasteiger partial charge in [0.15, 0.2) is 0 Å². The monoisotopic (exact) mass is 342 g/mol. The van der Waals surface area contributed by atoms with E-state index < -0.39 is 10.9 Å². The molecule has 0 saturated heterocycles. The van der Waals surface area contributed by atoms with Gasteiger partial charge in [-0.3, -0.25) is 19.8 Å². The van der Waals surface area contributed by atoms with Gasteiger partial charge in [-0.2, -0.15) is 0 Å². The number of aliphatic carboxylic acids is 1. The SMILES string of the molecule is O=C(O)CN(Cc1ccc([N+](=O)[O-])cc1Br)CC1CC1. The summed E-state index contributed by atoms with van der Waals surface area (Å²) in [5.74, 6) is -0.269. The van der Waals surface area contributed by atoms with Crippen LogP contribution in [0.25, 0.3) is 0 Å². The molecule has 6 nitrogen and oxygen atoms in total. The number of hydrogen-bond acceptors (Lipinski definition) is 4. The lowest BCUT2D eigenvalue weighted by Crippen LogP contribution is -2.31. The van der Waals surface area contributed by atoms with Crippen LogP contribution in [0.3, 0.4) is 0 Å². The smallest absolute Gasteiger partial charge is 0.317 e. The van der Waals surface area contributed by atoms with E-state index in [4.69, 9.17) is 5.11 Å². The Balaban J connectivity index is 2.08. The maximum Gasteiger partial charge on any atom is 0.317 e. The summed E-state index contributed by atoms with van der Waals surface area (Å²) >= 11 is 3.31. The summed E-state index contributed by atoms with van der Waals surface area (Å²) in [6.07, 6.45) is 2.30. The molecule has 0 atom stereocenters. The highest BCUT2D eigenvalue weighted by Crippen LogP contribution is 2.31. The van der Waals surface area contributed by atoms with E-state index in [0.717, 1.165) is 24.9 Å². The number of benzene rings is 1. The molecule has 0 unspecified atom stereocenters. The molecule has 2 rings (SSSR count). The molecule has 0 radical (unpaired) electrons. The molecular weight excluding hydrogens is 328 g/mol. The predicted molar refractivity (Wildman–Crippen MR) is 76.4 cm³/mol. The number of carbonyl (C=O) groups is 1. The Morgan fingerprint density at radius 1 is 1.50 bits per heavy atom. The molecule has 1 fully saturated rings. The van der Waals surface area contributed by atoms with Gasteiger partial charge in [-0.15, -0.1) is 0 Å². The van der Waals surface area contributed by atoms with E-state index in [-0.39, 0.29) is 12.2 Å². The van der Waals surface area contributed by atoms with Crippen molar-refractivity contribution < 1.29 is 14.8 Å². The van der Waals surface area contributed by atoms with Gasteiger partial charge >= 0.3 is 5.97 Å². The Morgan fingerprint density at radius 3 is 2.70 bits per heavy atom. The normalized spacial score (nSPS) is 14.5. The number of nitrogens with zero attached hydrogens (tertiary/aromatic N) is 2. The molecule has 0 aliphatic heterocycles. The zero-order valence-corrected chi connectivity index (χ0v) is 12.4. The third kappa shape index (κ3) is 4.28. The van der Waals surface area contributed by atoms with Gasteiger partial charge in [0.1, 0.15) is 0 Å². The summed E-state index contributed by atoms with van der Waals surface area (Å²) < 4.78 is 0.637. The molecule has 20 heavy (non-hydrogen) atoms. The fourth-order valence-electron chi connectivity index (χ4n) is 2.06. The molecule has 108 valence electrons. The van der Waals surface area contributed by atoms with Crippen LogP contribution in [0.5, 0.6) is 0 Å². The summed E-state index contributed by atoms with van der Waals surface area (Å²) in [6, 6.07) is 4.56. The molecule has 1 saturated carbocycles. The summed E-state index contributed by atoms with van der Waals surface area (Å²) in [4.78, 5) is 23.0. The van der Waals surface area contributed by atoms with Crippen LogP contribution in [-0.4, -0.2) is 34.0 Å². The fourth-order valence-corrected chi connectivity index (χ4v) is 2.55. The van der Waals surface area contributed by atoms with E-state index in [1.165, 1.54) is 12.1 Å². The number of carboxylic acid groups (broad SMARTS) is 1. The number of nitro benzene ring substituents is 1. The van der Waals surface area contributed by atoms with Crippen LogP contribution in [0.4, 0.5) is 5.69 Å². The van der Waals surface area contributed by atoms with Crippen molar-refractivity contribution in [2.24, 2.45) is 5.92 Å². The second kappa shape index (κ2) is 6.32. The Morgan fingerprint density at radius 2 is 2.20 bits per heavy atom. The van der Waals surface area contributed by atoms with Crippen molar-refractivity contribution in [1.29, 1.82) is 0 Å². The molecule has 0 amide bonds. The van der Waals surface area contributed by atoms with E-state index in [1.54, 1.807) is 6.07 Å². The highest BCUT2D eigenvalue weighted by Gasteiger charge is 2.25. The molecule has 0 aromatic heterocycles. The fraction of sp³-hybridized carbons (Fsp3) is 0.462. The van der Waals surface area contributed by atoms with Crippen LogP contribution >= 0.6 is 15.9 Å². The molecule has 7 heteroatoms. The molecule has 0 bridgehead atoms. The first-order chi connectivity index (χ1) is 9.45. The van der Waals surface area contributed by atoms with Crippen LogP contribution in [0.1, 0.15) is 18.4 Å². The third-order valence-electron chi connectivity index (χ3n) is 3.21. The van der Waals surface area contributed by atoms with E-state index in [2.05, 4.69) is 15.9 Å². The average Bonchev–Trinajstić information content (AvgIpc) is 3.14. The van der Waals surface area contributed by atoms with Crippen LogP contribution < -0.4 is 0 Å². The maximum atomic E-state index is 10.9. The van der Waals surface area contributed by atoms with Crippen LogP contribution in [0.2, 0.25) is 0 Å². The van der Waals surface area contributed by atoms with Crippen molar-refractivity contribution in [2.45, 2.75) is 19.4 Å². The summed E-state index contributed by atoms with van der Waals surface area (Å²) in [5, 5.41) is 19.6. The van der Waals surface area contributed by atoms with Crippen molar-refractivity contribution >= 4 is 27.6 Å². The summed E-state index contributed by atoms with van der Waals surface area (Å²) in [5.41, 5.74) is 0.880. The highest BCUT2D eigenvalue weighted by molar-refractivity contribution is 9.10. The first-order valence-corrected chi connectivity index (χ1v) is 7.12. The lowest BCUT2D eigenvalue weighted by atomic mass is 10.2. The minimum absolute atomic E-state index is 0.0140. The van der Waals surface area contributed by atoms with E-state index >= 15 is 0 Å². The largest absolute Gasteiger partial charge is 0.480 e. The maximum absolute atomic E-state index is 10.9. The van der Waals surface area contributed by atoms with Gasteiger partial charge < -0.3 is 5.11 Å². The van der Waals surface area contributed by atoms with Crippen LogP contribution in [-0.2, 0) is 11.3 Å². The Hall–Kier alpha value is -1.47. The second-order valence-electron chi connectivity index (χ2n) is 5.04.